The quantitative estimate of drug-likeness (QED) is 0.781. The Kier molecular flexibility index (Phi) is 4.89. The van der Waals surface area contributed by atoms with Crippen LogP contribution in [0.3, 0.4) is 0 Å². The van der Waals surface area contributed by atoms with Gasteiger partial charge in [0.2, 0.25) is 5.91 Å². The molecule has 1 amide bonds. The van der Waals surface area contributed by atoms with Gasteiger partial charge in [-0.25, -0.2) is 9.78 Å². The second kappa shape index (κ2) is 6.66. The molecule has 1 aromatic heterocycles. The van der Waals surface area contributed by atoms with Gasteiger partial charge in [0.05, 0.1) is 28.4 Å². The molecule has 0 unspecified atom stereocenters. The Morgan fingerprint density at radius 1 is 1.43 bits per heavy atom. The third-order valence-electron chi connectivity index (χ3n) is 2.60. The van der Waals surface area contributed by atoms with Gasteiger partial charge in [0.25, 0.3) is 0 Å². The largest absolute Gasteiger partial charge is 0.478 e. The van der Waals surface area contributed by atoms with Crippen LogP contribution in [0, 0.1) is 0 Å². The van der Waals surface area contributed by atoms with Crippen molar-refractivity contribution in [2.75, 3.05) is 5.32 Å². The molecule has 0 saturated heterocycles. The molecule has 1 aromatic carbocycles. The molecule has 0 aliphatic heterocycles. The number of rotatable bonds is 5. The number of thiazole rings is 1. The monoisotopic (exact) mass is 325 g/mol. The van der Waals surface area contributed by atoms with E-state index in [2.05, 4.69) is 10.3 Å². The maximum Gasteiger partial charge on any atom is 0.335 e. The minimum Gasteiger partial charge on any atom is -0.478 e. The number of nitrogens with one attached hydrogen (secondary N) is 1. The van der Waals surface area contributed by atoms with E-state index in [9.17, 15) is 9.59 Å². The number of carboxylic acids is 1. The number of anilines is 1. The van der Waals surface area contributed by atoms with Crippen molar-refractivity contribution in [1.82, 2.24) is 4.98 Å². The third-order valence-corrected chi connectivity index (χ3v) is 3.85. The Bertz CT molecular complexity index is 687. The highest BCUT2D eigenvalue weighted by Gasteiger charge is 2.12. The fourth-order valence-electron chi connectivity index (χ4n) is 1.64. The van der Waals surface area contributed by atoms with Crippen molar-refractivity contribution < 1.29 is 14.7 Å². The van der Waals surface area contributed by atoms with Crippen molar-refractivity contribution in [1.29, 1.82) is 0 Å². The molecule has 0 aliphatic carbocycles. The Morgan fingerprint density at radius 2 is 2.19 bits per heavy atom. The van der Waals surface area contributed by atoms with Crippen LogP contribution in [0.4, 0.5) is 5.69 Å². The lowest BCUT2D eigenvalue weighted by Crippen LogP contribution is -2.15. The van der Waals surface area contributed by atoms with Crippen LogP contribution in [0.1, 0.15) is 21.1 Å². The number of hydrogen-bond donors (Lipinski definition) is 3. The van der Waals surface area contributed by atoms with E-state index in [0.29, 0.717) is 12.2 Å². The number of nitrogens with two attached hydrogens (primary N) is 1. The summed E-state index contributed by atoms with van der Waals surface area (Å²) in [5.41, 5.74) is 6.38. The van der Waals surface area contributed by atoms with E-state index < -0.39 is 5.97 Å². The predicted molar refractivity (Wildman–Crippen MR) is 80.8 cm³/mol. The molecule has 110 valence electrons. The molecule has 0 fully saturated rings. The number of aromatic carboxylic acids is 1. The van der Waals surface area contributed by atoms with Crippen LogP contribution in [0.2, 0.25) is 5.02 Å². The molecule has 0 bridgehead atoms. The number of nitrogens with zero attached hydrogens (tertiary/aromatic N) is 1. The first kappa shape index (κ1) is 15.4. The summed E-state index contributed by atoms with van der Waals surface area (Å²) in [4.78, 5) is 27.0. The van der Waals surface area contributed by atoms with E-state index >= 15 is 0 Å². The number of carboxylic acid groups (broad SMARTS) is 1. The smallest absolute Gasteiger partial charge is 0.335 e. The number of halogens is 1. The first-order chi connectivity index (χ1) is 9.99. The molecule has 1 heterocycles. The number of carbonyl (C=O) groups excluding carboxylic acids is 1. The molecule has 2 rings (SSSR count). The Labute approximate surface area is 129 Å². The lowest BCUT2D eigenvalue weighted by molar-refractivity contribution is -0.115. The standard InChI is InChI=1S/C13H12ClN3O3S/c14-9-2-1-7(13(19)20)3-10(9)17-11(18)4-8-6-21-12(5-15)16-8/h1-3,6H,4-5,15H2,(H,17,18)(H,19,20). The zero-order valence-electron chi connectivity index (χ0n) is 10.8. The minimum atomic E-state index is -1.09. The fraction of sp³-hybridized carbons (Fsp3) is 0.154. The topological polar surface area (TPSA) is 105 Å². The average molecular weight is 326 g/mol. The van der Waals surface area contributed by atoms with Gasteiger partial charge in [0.15, 0.2) is 0 Å². The van der Waals surface area contributed by atoms with Crippen LogP contribution in [0.25, 0.3) is 0 Å². The summed E-state index contributed by atoms with van der Waals surface area (Å²) in [5, 5.41) is 14.3. The van der Waals surface area contributed by atoms with Gasteiger partial charge >= 0.3 is 5.97 Å². The summed E-state index contributed by atoms with van der Waals surface area (Å²) in [5.74, 6) is -1.41. The number of benzene rings is 1. The second-order valence-corrected chi connectivity index (χ2v) is 5.51. The number of aromatic nitrogens is 1. The molecule has 4 N–H and O–H groups in total. The first-order valence-electron chi connectivity index (χ1n) is 5.95. The summed E-state index contributed by atoms with van der Waals surface area (Å²) in [7, 11) is 0. The number of carbonyl (C=O) groups is 2. The average Bonchev–Trinajstić information content (AvgIpc) is 2.88. The molecule has 0 aliphatic rings. The van der Waals surface area contributed by atoms with Crippen LogP contribution in [0.5, 0.6) is 0 Å². The maximum absolute atomic E-state index is 11.9. The second-order valence-electron chi connectivity index (χ2n) is 4.16. The van der Waals surface area contributed by atoms with Crippen LogP contribution in [-0.2, 0) is 17.8 Å². The molecule has 0 spiro atoms. The zero-order chi connectivity index (χ0) is 15.4. The molecule has 0 radical (unpaired) electrons. The lowest BCUT2D eigenvalue weighted by atomic mass is 10.2. The summed E-state index contributed by atoms with van der Waals surface area (Å²) in [6.07, 6.45) is 0.0735. The van der Waals surface area contributed by atoms with E-state index in [1.54, 1.807) is 5.38 Å². The van der Waals surface area contributed by atoms with E-state index in [1.807, 2.05) is 0 Å². The molecule has 21 heavy (non-hydrogen) atoms. The maximum atomic E-state index is 11.9. The summed E-state index contributed by atoms with van der Waals surface area (Å²) < 4.78 is 0. The van der Waals surface area contributed by atoms with Gasteiger partial charge in [-0.2, -0.15) is 0 Å². The van der Waals surface area contributed by atoms with E-state index in [0.717, 1.165) is 5.01 Å². The third kappa shape index (κ3) is 4.01. The van der Waals surface area contributed by atoms with Crippen molar-refractivity contribution in [2.24, 2.45) is 5.73 Å². The van der Waals surface area contributed by atoms with Gasteiger partial charge in [-0.15, -0.1) is 11.3 Å². The van der Waals surface area contributed by atoms with Gasteiger partial charge < -0.3 is 16.2 Å². The molecular weight excluding hydrogens is 314 g/mol. The molecule has 0 atom stereocenters. The van der Waals surface area contributed by atoms with Crippen molar-refractivity contribution in [2.45, 2.75) is 13.0 Å². The summed E-state index contributed by atoms with van der Waals surface area (Å²) >= 11 is 7.32. The van der Waals surface area contributed by atoms with Crippen LogP contribution in [-0.4, -0.2) is 22.0 Å². The highest BCUT2D eigenvalue weighted by molar-refractivity contribution is 7.09. The Hall–Kier alpha value is -1.96. The van der Waals surface area contributed by atoms with Crippen LogP contribution in [0.15, 0.2) is 23.6 Å². The Morgan fingerprint density at radius 3 is 2.81 bits per heavy atom. The molecule has 8 heteroatoms. The van der Waals surface area contributed by atoms with E-state index in [-0.39, 0.29) is 28.6 Å². The molecular formula is C13H12ClN3O3S. The fourth-order valence-corrected chi connectivity index (χ4v) is 2.48. The molecule has 2 aromatic rings. The van der Waals surface area contributed by atoms with Crippen molar-refractivity contribution >= 4 is 40.5 Å². The van der Waals surface area contributed by atoms with Gasteiger partial charge in [-0.1, -0.05) is 11.6 Å². The van der Waals surface area contributed by atoms with Crippen molar-refractivity contribution in [3.63, 3.8) is 0 Å². The van der Waals surface area contributed by atoms with Crippen molar-refractivity contribution in [3.8, 4) is 0 Å². The molecule has 6 nitrogen and oxygen atoms in total. The van der Waals surface area contributed by atoms with Gasteiger partial charge in [-0.3, -0.25) is 4.79 Å². The van der Waals surface area contributed by atoms with E-state index in [1.165, 1.54) is 29.5 Å². The lowest BCUT2D eigenvalue weighted by Gasteiger charge is -2.07. The van der Waals surface area contributed by atoms with Gasteiger partial charge in [0.1, 0.15) is 5.01 Å². The highest BCUT2D eigenvalue weighted by atomic mass is 35.5. The van der Waals surface area contributed by atoms with Gasteiger partial charge in [0, 0.05) is 11.9 Å². The number of hydrogen-bond acceptors (Lipinski definition) is 5. The predicted octanol–water partition coefficient (Wildman–Crippen LogP) is 2.13. The zero-order valence-corrected chi connectivity index (χ0v) is 12.4. The molecule has 0 saturated carbocycles. The SMILES string of the molecule is NCc1nc(CC(=O)Nc2cc(C(=O)O)ccc2Cl)cs1. The minimum absolute atomic E-state index is 0.0498. The van der Waals surface area contributed by atoms with E-state index in [4.69, 9.17) is 22.4 Å². The highest BCUT2D eigenvalue weighted by Crippen LogP contribution is 2.23. The summed E-state index contributed by atoms with van der Waals surface area (Å²) in [6, 6.07) is 4.11. The Balaban J connectivity index is 2.08. The summed E-state index contributed by atoms with van der Waals surface area (Å²) in [6.45, 7) is 0.332. The number of amides is 1. The van der Waals surface area contributed by atoms with Gasteiger partial charge in [-0.05, 0) is 18.2 Å². The van der Waals surface area contributed by atoms with Crippen LogP contribution >= 0.6 is 22.9 Å². The first-order valence-corrected chi connectivity index (χ1v) is 7.21. The normalized spacial score (nSPS) is 10.4. The van der Waals surface area contributed by atoms with Crippen LogP contribution < -0.4 is 11.1 Å². The van der Waals surface area contributed by atoms with Crippen molar-refractivity contribution in [3.05, 3.63) is 44.9 Å².